The number of carboxylic acid groups (broad SMARTS) is 1. The molecule has 0 radical (unpaired) electrons. The minimum atomic E-state index is -3.73. The molecule has 1 saturated carbocycles. The van der Waals surface area contributed by atoms with Crippen molar-refractivity contribution in [1.29, 1.82) is 0 Å². The van der Waals surface area contributed by atoms with Gasteiger partial charge in [-0.25, -0.2) is 8.42 Å². The van der Waals surface area contributed by atoms with Gasteiger partial charge in [-0.2, -0.15) is 4.31 Å². The Labute approximate surface area is 153 Å². The van der Waals surface area contributed by atoms with Gasteiger partial charge in [-0.3, -0.25) is 4.79 Å². The number of nitrogens with zero attached hydrogens (tertiary/aromatic N) is 1. The first-order chi connectivity index (χ1) is 11.9. The number of fused-ring (bicyclic) bond motifs is 1. The summed E-state index contributed by atoms with van der Waals surface area (Å²) in [4.78, 5) is 13.0. The van der Waals surface area contributed by atoms with Gasteiger partial charge in [-0.15, -0.1) is 11.3 Å². The highest BCUT2D eigenvalue weighted by molar-refractivity contribution is 7.89. The number of hydrogen-bond acceptors (Lipinski definition) is 4. The van der Waals surface area contributed by atoms with Gasteiger partial charge in [0.15, 0.2) is 0 Å². The van der Waals surface area contributed by atoms with Crippen LogP contribution in [0.5, 0.6) is 0 Å². The van der Waals surface area contributed by atoms with Gasteiger partial charge in [-0.1, -0.05) is 38.0 Å². The lowest BCUT2D eigenvalue weighted by Gasteiger charge is -2.21. The first-order valence-corrected chi connectivity index (χ1v) is 11.1. The number of rotatable bonds is 4. The SMILES string of the molecule is CCC(C(=O)O)N1Cc2sc(C#CCC3CCCCC3)cc2S1(=O)=O. The van der Waals surface area contributed by atoms with Gasteiger partial charge in [0.2, 0.25) is 10.0 Å². The molecular weight excluding hydrogens is 358 g/mol. The number of aliphatic carboxylic acids is 1. The Morgan fingerprint density at radius 2 is 2.12 bits per heavy atom. The topological polar surface area (TPSA) is 74.7 Å². The van der Waals surface area contributed by atoms with E-state index in [-0.39, 0.29) is 17.9 Å². The van der Waals surface area contributed by atoms with E-state index in [9.17, 15) is 18.3 Å². The molecule has 1 aliphatic carbocycles. The minimum Gasteiger partial charge on any atom is -0.480 e. The molecule has 1 N–H and O–H groups in total. The Balaban J connectivity index is 1.73. The molecule has 0 spiro atoms. The molecule has 1 aliphatic heterocycles. The van der Waals surface area contributed by atoms with E-state index in [2.05, 4.69) is 11.8 Å². The summed E-state index contributed by atoms with van der Waals surface area (Å²) in [7, 11) is -3.73. The number of sulfonamides is 1. The maximum Gasteiger partial charge on any atom is 0.322 e. The van der Waals surface area contributed by atoms with Crippen LogP contribution in [0.1, 0.15) is 61.6 Å². The number of thiophene rings is 1. The lowest BCUT2D eigenvalue weighted by molar-refractivity contribution is -0.141. The number of carboxylic acids is 1. The molecule has 1 atom stereocenters. The van der Waals surface area contributed by atoms with Crippen molar-refractivity contribution in [2.24, 2.45) is 5.92 Å². The Morgan fingerprint density at radius 3 is 2.72 bits per heavy atom. The van der Waals surface area contributed by atoms with E-state index >= 15 is 0 Å². The summed E-state index contributed by atoms with van der Waals surface area (Å²) in [6, 6.07) is 0.600. The molecule has 136 valence electrons. The minimum absolute atomic E-state index is 0.136. The van der Waals surface area contributed by atoms with Crippen molar-refractivity contribution in [3.63, 3.8) is 0 Å². The fourth-order valence-corrected chi connectivity index (χ4v) is 6.88. The molecule has 7 heteroatoms. The summed E-state index contributed by atoms with van der Waals surface area (Å²) in [6.07, 6.45) is 7.51. The predicted molar refractivity (Wildman–Crippen MR) is 96.8 cm³/mol. The quantitative estimate of drug-likeness (QED) is 0.811. The third-order valence-corrected chi connectivity index (χ3v) is 8.09. The molecular formula is C18H23NO4S2. The summed E-state index contributed by atoms with van der Waals surface area (Å²) >= 11 is 1.37. The summed E-state index contributed by atoms with van der Waals surface area (Å²) < 4.78 is 26.4. The van der Waals surface area contributed by atoms with Crippen LogP contribution in [0.4, 0.5) is 0 Å². The molecule has 0 amide bonds. The maximum atomic E-state index is 12.6. The molecule has 1 aromatic heterocycles. The van der Waals surface area contributed by atoms with Crippen LogP contribution in [0.25, 0.3) is 0 Å². The van der Waals surface area contributed by atoms with Crippen LogP contribution in [-0.2, 0) is 21.4 Å². The standard InChI is InChI=1S/C18H23NO4S2/c1-2-15(18(20)21)19-12-16-17(25(19,22)23)11-14(24-16)10-6-9-13-7-4-3-5-8-13/h11,13,15H,2-5,7-9,12H2,1H3,(H,20,21). The van der Waals surface area contributed by atoms with E-state index < -0.39 is 22.0 Å². The van der Waals surface area contributed by atoms with Crippen molar-refractivity contribution >= 4 is 27.3 Å². The molecule has 25 heavy (non-hydrogen) atoms. The van der Waals surface area contributed by atoms with Crippen LogP contribution in [0.3, 0.4) is 0 Å². The van der Waals surface area contributed by atoms with Crippen molar-refractivity contribution in [3.8, 4) is 11.8 Å². The predicted octanol–water partition coefficient (Wildman–Crippen LogP) is 3.44. The van der Waals surface area contributed by atoms with Crippen molar-refractivity contribution in [3.05, 3.63) is 15.8 Å². The Kier molecular flexibility index (Phi) is 5.52. The van der Waals surface area contributed by atoms with Gasteiger partial charge in [0.1, 0.15) is 6.04 Å². The largest absolute Gasteiger partial charge is 0.480 e. The Hall–Kier alpha value is -1.36. The first kappa shape index (κ1) is 18.4. The molecule has 2 heterocycles. The van der Waals surface area contributed by atoms with Crippen LogP contribution in [0, 0.1) is 17.8 Å². The molecule has 1 aromatic rings. The molecule has 5 nitrogen and oxygen atoms in total. The fraction of sp³-hybridized carbons (Fsp3) is 0.611. The van der Waals surface area contributed by atoms with Gasteiger partial charge < -0.3 is 5.11 Å². The van der Waals surface area contributed by atoms with Crippen LogP contribution < -0.4 is 0 Å². The zero-order chi connectivity index (χ0) is 18.0. The zero-order valence-corrected chi connectivity index (χ0v) is 16.0. The second kappa shape index (κ2) is 7.48. The number of carbonyl (C=O) groups is 1. The third-order valence-electron chi connectivity index (χ3n) is 5.00. The van der Waals surface area contributed by atoms with Gasteiger partial charge in [0.05, 0.1) is 16.3 Å². The highest BCUT2D eigenvalue weighted by Gasteiger charge is 2.42. The average molecular weight is 382 g/mol. The second-order valence-electron chi connectivity index (χ2n) is 6.72. The number of hydrogen-bond donors (Lipinski definition) is 1. The maximum absolute atomic E-state index is 12.6. The molecule has 1 unspecified atom stereocenters. The normalized spacial score (nSPS) is 21.3. The van der Waals surface area contributed by atoms with E-state index in [0.717, 1.165) is 15.6 Å². The molecule has 0 bridgehead atoms. The summed E-state index contributed by atoms with van der Waals surface area (Å²) in [6.45, 7) is 1.82. The molecule has 0 aromatic carbocycles. The van der Waals surface area contributed by atoms with Gasteiger partial charge >= 0.3 is 5.97 Å². The first-order valence-electron chi connectivity index (χ1n) is 8.79. The Morgan fingerprint density at radius 1 is 1.40 bits per heavy atom. The van der Waals surface area contributed by atoms with Crippen molar-refractivity contribution in [2.75, 3.05) is 0 Å². The van der Waals surface area contributed by atoms with E-state index in [1.807, 2.05) is 0 Å². The van der Waals surface area contributed by atoms with Crippen LogP contribution >= 0.6 is 11.3 Å². The second-order valence-corrected chi connectivity index (χ2v) is 9.72. The van der Waals surface area contributed by atoms with Crippen LogP contribution in [0.2, 0.25) is 0 Å². The summed E-state index contributed by atoms with van der Waals surface area (Å²) in [5.41, 5.74) is 0. The smallest absolute Gasteiger partial charge is 0.322 e. The van der Waals surface area contributed by atoms with Crippen molar-refractivity contribution in [2.45, 2.75) is 69.4 Å². The average Bonchev–Trinajstić information content (AvgIpc) is 3.08. The van der Waals surface area contributed by atoms with E-state index in [1.54, 1.807) is 13.0 Å². The van der Waals surface area contributed by atoms with Crippen molar-refractivity contribution in [1.82, 2.24) is 4.31 Å². The van der Waals surface area contributed by atoms with Crippen LogP contribution in [0.15, 0.2) is 11.0 Å². The monoisotopic (exact) mass is 381 g/mol. The highest BCUT2D eigenvalue weighted by Crippen LogP contribution is 2.38. The lowest BCUT2D eigenvalue weighted by atomic mass is 9.87. The summed E-state index contributed by atoms with van der Waals surface area (Å²) in [5.74, 6) is 5.89. The van der Waals surface area contributed by atoms with E-state index in [1.165, 1.54) is 43.4 Å². The Bertz CT molecular complexity index is 810. The van der Waals surface area contributed by atoms with Gasteiger partial charge in [0.25, 0.3) is 0 Å². The van der Waals surface area contributed by atoms with Gasteiger partial charge in [0, 0.05) is 11.3 Å². The van der Waals surface area contributed by atoms with E-state index in [4.69, 9.17) is 0 Å². The molecule has 0 saturated heterocycles. The van der Waals surface area contributed by atoms with Gasteiger partial charge in [-0.05, 0) is 31.2 Å². The molecule has 1 fully saturated rings. The lowest BCUT2D eigenvalue weighted by Crippen LogP contribution is -2.40. The van der Waals surface area contributed by atoms with Crippen LogP contribution in [-0.4, -0.2) is 29.8 Å². The summed E-state index contributed by atoms with van der Waals surface area (Å²) in [5, 5.41) is 9.25. The van der Waals surface area contributed by atoms with Crippen molar-refractivity contribution < 1.29 is 18.3 Å². The highest BCUT2D eigenvalue weighted by atomic mass is 32.2. The fourth-order valence-electron chi connectivity index (χ4n) is 3.61. The molecule has 2 aliphatic rings. The van der Waals surface area contributed by atoms with E-state index in [0.29, 0.717) is 10.8 Å². The zero-order valence-electron chi connectivity index (χ0n) is 14.3. The molecule has 3 rings (SSSR count). The third kappa shape index (κ3) is 3.76.